The maximum atomic E-state index is 12.1. The summed E-state index contributed by atoms with van der Waals surface area (Å²) in [7, 11) is 0. The van der Waals surface area contributed by atoms with Crippen LogP contribution in [0.2, 0.25) is 0 Å². The lowest BCUT2D eigenvalue weighted by atomic mass is 10.1. The predicted molar refractivity (Wildman–Crippen MR) is 131 cm³/mol. The van der Waals surface area contributed by atoms with Gasteiger partial charge < -0.3 is 15.2 Å². The molecule has 5 heteroatoms. The average molecular weight is 444 g/mol. The van der Waals surface area contributed by atoms with Crippen LogP contribution in [-0.4, -0.2) is 23.4 Å². The normalized spacial score (nSPS) is 10.7. The zero-order valence-corrected chi connectivity index (χ0v) is 19.6. The van der Waals surface area contributed by atoms with Crippen LogP contribution in [-0.2, 0) is 4.79 Å². The lowest BCUT2D eigenvalue weighted by Crippen LogP contribution is -2.11. The van der Waals surface area contributed by atoms with E-state index in [4.69, 9.17) is 4.74 Å². The Hall–Kier alpha value is -2.14. The molecule has 0 atom stereocenters. The van der Waals surface area contributed by atoms with Gasteiger partial charge in [-0.25, -0.2) is 0 Å². The van der Waals surface area contributed by atoms with Gasteiger partial charge in [0.25, 0.3) is 0 Å². The summed E-state index contributed by atoms with van der Waals surface area (Å²) < 4.78 is 5.62. The van der Waals surface area contributed by atoms with Crippen molar-refractivity contribution >= 4 is 23.4 Å². The summed E-state index contributed by atoms with van der Waals surface area (Å²) in [5.74, 6) is 2.21. The van der Waals surface area contributed by atoms with E-state index in [1.807, 2.05) is 23.9 Å². The highest BCUT2D eigenvalue weighted by Crippen LogP contribution is 2.22. The van der Waals surface area contributed by atoms with Crippen molar-refractivity contribution < 1.29 is 14.6 Å². The van der Waals surface area contributed by atoms with E-state index in [2.05, 4.69) is 24.4 Å². The zero-order valence-electron chi connectivity index (χ0n) is 18.8. The number of phenolic OH excluding ortho intramolecular Hbond substituents is 1. The average Bonchev–Trinajstić information content (AvgIpc) is 2.78. The van der Waals surface area contributed by atoms with Crippen molar-refractivity contribution in [1.82, 2.24) is 0 Å². The van der Waals surface area contributed by atoms with Gasteiger partial charge in [-0.05, 0) is 80.0 Å². The van der Waals surface area contributed by atoms with E-state index >= 15 is 0 Å². The number of rotatable bonds is 16. The highest BCUT2D eigenvalue weighted by atomic mass is 32.2. The third-order valence-corrected chi connectivity index (χ3v) is 6.16. The Balaban J connectivity index is 1.51. The minimum atomic E-state index is 0.0620. The Morgan fingerprint density at radius 1 is 0.871 bits per heavy atom. The molecule has 2 aromatic rings. The van der Waals surface area contributed by atoms with Crippen LogP contribution in [0.15, 0.2) is 53.4 Å². The first-order chi connectivity index (χ1) is 15.2. The molecule has 0 aliphatic heterocycles. The van der Waals surface area contributed by atoms with Crippen LogP contribution < -0.4 is 10.1 Å². The van der Waals surface area contributed by atoms with Crippen molar-refractivity contribution in [2.45, 2.75) is 76.0 Å². The number of ether oxygens (including phenoxy) is 1. The van der Waals surface area contributed by atoms with Crippen molar-refractivity contribution in [2.24, 2.45) is 0 Å². The van der Waals surface area contributed by atoms with Crippen LogP contribution in [0.3, 0.4) is 0 Å². The largest absolute Gasteiger partial charge is 0.508 e. The molecule has 0 fully saturated rings. The molecule has 0 saturated carbocycles. The summed E-state index contributed by atoms with van der Waals surface area (Å²) in [6, 6.07) is 14.9. The van der Waals surface area contributed by atoms with Crippen LogP contribution >= 0.6 is 11.8 Å². The molecule has 0 aliphatic carbocycles. The molecule has 0 radical (unpaired) electrons. The standard InChI is InChI=1S/C26H37NO3S/c1-2-3-4-5-6-10-21-31-25-18-12-22(13-19-25)27-26(29)11-8-7-9-20-30-24-16-14-23(28)15-17-24/h12-19,28H,2-11,20-21H2,1H3,(H,27,29). The Bertz CT molecular complexity index is 731. The monoisotopic (exact) mass is 443 g/mol. The van der Waals surface area contributed by atoms with E-state index in [9.17, 15) is 9.90 Å². The number of hydrogen-bond acceptors (Lipinski definition) is 4. The number of anilines is 1. The predicted octanol–water partition coefficient (Wildman–Crippen LogP) is 7.42. The van der Waals surface area contributed by atoms with E-state index in [1.165, 1.54) is 43.4 Å². The molecule has 0 unspecified atom stereocenters. The Labute approximate surface area is 191 Å². The second-order valence-electron chi connectivity index (χ2n) is 7.84. The summed E-state index contributed by atoms with van der Waals surface area (Å²) in [6.45, 7) is 2.87. The fourth-order valence-electron chi connectivity index (χ4n) is 3.23. The smallest absolute Gasteiger partial charge is 0.224 e. The molecule has 0 saturated heterocycles. The third-order valence-electron chi connectivity index (χ3n) is 5.06. The van der Waals surface area contributed by atoms with E-state index < -0.39 is 0 Å². The molecular formula is C26H37NO3S. The number of phenols is 1. The number of unbranched alkanes of at least 4 members (excludes halogenated alkanes) is 7. The van der Waals surface area contributed by atoms with Crippen molar-refractivity contribution in [1.29, 1.82) is 0 Å². The fourth-order valence-corrected chi connectivity index (χ4v) is 4.14. The van der Waals surface area contributed by atoms with Gasteiger partial charge in [0.1, 0.15) is 11.5 Å². The Kier molecular flexibility index (Phi) is 12.7. The lowest BCUT2D eigenvalue weighted by Gasteiger charge is -2.08. The van der Waals surface area contributed by atoms with Crippen molar-refractivity contribution in [3.05, 3.63) is 48.5 Å². The molecule has 0 spiro atoms. The maximum Gasteiger partial charge on any atom is 0.224 e. The third kappa shape index (κ3) is 11.7. The van der Waals surface area contributed by atoms with Gasteiger partial charge in [-0.2, -0.15) is 0 Å². The van der Waals surface area contributed by atoms with Gasteiger partial charge in [0, 0.05) is 17.0 Å². The number of nitrogens with one attached hydrogen (secondary N) is 1. The van der Waals surface area contributed by atoms with Crippen molar-refractivity contribution in [3.63, 3.8) is 0 Å². The van der Waals surface area contributed by atoms with Crippen LogP contribution in [0.1, 0.15) is 71.1 Å². The molecule has 0 aliphatic rings. The number of thioether (sulfide) groups is 1. The number of aromatic hydroxyl groups is 1. The fraction of sp³-hybridized carbons (Fsp3) is 0.500. The number of benzene rings is 2. The van der Waals surface area contributed by atoms with Gasteiger partial charge in [-0.1, -0.05) is 39.0 Å². The number of amides is 1. The van der Waals surface area contributed by atoms with Crippen LogP contribution in [0.4, 0.5) is 5.69 Å². The second kappa shape index (κ2) is 15.6. The molecular weight excluding hydrogens is 406 g/mol. The summed E-state index contributed by atoms with van der Waals surface area (Å²) in [6.07, 6.45) is 11.2. The lowest BCUT2D eigenvalue weighted by molar-refractivity contribution is -0.116. The molecule has 31 heavy (non-hydrogen) atoms. The molecule has 0 heterocycles. The van der Waals surface area contributed by atoms with E-state index in [-0.39, 0.29) is 11.7 Å². The maximum absolute atomic E-state index is 12.1. The SMILES string of the molecule is CCCCCCCCSc1ccc(NC(=O)CCCCCOc2ccc(O)cc2)cc1. The van der Waals surface area contributed by atoms with Crippen molar-refractivity contribution in [2.75, 3.05) is 17.7 Å². The van der Waals surface area contributed by atoms with Gasteiger partial charge in [0.05, 0.1) is 6.61 Å². The van der Waals surface area contributed by atoms with E-state index in [0.29, 0.717) is 13.0 Å². The topological polar surface area (TPSA) is 58.6 Å². The molecule has 2 rings (SSSR count). The van der Waals surface area contributed by atoms with Gasteiger partial charge in [0.2, 0.25) is 5.91 Å². The van der Waals surface area contributed by atoms with Gasteiger partial charge in [-0.15, -0.1) is 11.8 Å². The first kappa shape index (κ1) is 25.1. The molecule has 2 N–H and O–H groups in total. The minimum absolute atomic E-state index is 0.0620. The minimum Gasteiger partial charge on any atom is -0.508 e. The number of hydrogen-bond donors (Lipinski definition) is 2. The van der Waals surface area contributed by atoms with E-state index in [1.54, 1.807) is 24.3 Å². The quantitative estimate of drug-likeness (QED) is 0.209. The highest BCUT2D eigenvalue weighted by Gasteiger charge is 2.03. The summed E-state index contributed by atoms with van der Waals surface area (Å²) in [5, 5.41) is 12.2. The number of carbonyl (C=O) groups excluding carboxylic acids is 1. The first-order valence-corrected chi connectivity index (χ1v) is 12.6. The van der Waals surface area contributed by atoms with Gasteiger partial charge in [0.15, 0.2) is 0 Å². The molecule has 170 valence electrons. The summed E-state index contributed by atoms with van der Waals surface area (Å²) in [5.41, 5.74) is 0.865. The van der Waals surface area contributed by atoms with Crippen molar-refractivity contribution in [3.8, 4) is 11.5 Å². The molecule has 0 aromatic heterocycles. The van der Waals surface area contributed by atoms with Crippen LogP contribution in [0.25, 0.3) is 0 Å². The van der Waals surface area contributed by atoms with Crippen LogP contribution in [0, 0.1) is 0 Å². The summed E-state index contributed by atoms with van der Waals surface area (Å²) in [4.78, 5) is 13.4. The highest BCUT2D eigenvalue weighted by molar-refractivity contribution is 7.99. The van der Waals surface area contributed by atoms with Gasteiger partial charge in [-0.3, -0.25) is 4.79 Å². The van der Waals surface area contributed by atoms with E-state index in [0.717, 1.165) is 36.5 Å². The second-order valence-corrected chi connectivity index (χ2v) is 9.01. The summed E-state index contributed by atoms with van der Waals surface area (Å²) >= 11 is 1.90. The van der Waals surface area contributed by atoms with Gasteiger partial charge >= 0.3 is 0 Å². The molecule has 4 nitrogen and oxygen atoms in total. The van der Waals surface area contributed by atoms with Crippen LogP contribution in [0.5, 0.6) is 11.5 Å². The molecule has 1 amide bonds. The Morgan fingerprint density at radius 3 is 2.29 bits per heavy atom. The number of carbonyl (C=O) groups is 1. The zero-order chi connectivity index (χ0) is 22.2. The first-order valence-electron chi connectivity index (χ1n) is 11.6. The molecule has 2 aromatic carbocycles. The molecule has 0 bridgehead atoms. The Morgan fingerprint density at radius 2 is 1.55 bits per heavy atom.